The fourth-order valence-corrected chi connectivity index (χ4v) is 4.71. The Kier molecular flexibility index (Phi) is 7.16. The van der Waals surface area contributed by atoms with E-state index in [1.54, 1.807) is 6.92 Å². The normalized spacial score (nSPS) is 18.3. The Labute approximate surface area is 210 Å². The molecular weight excluding hydrogens is 510 g/mol. The van der Waals surface area contributed by atoms with E-state index >= 15 is 0 Å². The first kappa shape index (κ1) is 26.8. The molecule has 1 spiro atoms. The molecule has 2 aliphatic heterocycles. The van der Waals surface area contributed by atoms with Crippen molar-refractivity contribution >= 4 is 48.5 Å². The molecular formula is C23H22ClF4N3O3S. The Balaban J connectivity index is 0.00000342. The molecule has 3 amide bonds. The van der Waals surface area contributed by atoms with Crippen molar-refractivity contribution in [2.24, 2.45) is 0 Å². The standard InChI is InChI=1S/C23H20ClF4N3O3.H2S/c1-13(15-3-5-16(6-4-15)23(26,27)28)31-20(33)10-30(19-8-7-17(24)9-18(19)25)21(34)22(31)11-29(12-22)14(2)32;/h3-9,13H,10-12H2,1-2H3;1H2/t13-;/m0./s1. The lowest BCUT2D eigenvalue weighted by atomic mass is 9.81. The maximum atomic E-state index is 14.6. The highest BCUT2D eigenvalue weighted by atomic mass is 35.5. The van der Waals surface area contributed by atoms with Crippen LogP contribution in [0.15, 0.2) is 42.5 Å². The first-order valence-corrected chi connectivity index (χ1v) is 10.7. The number of nitrogens with zero attached hydrogens (tertiary/aromatic N) is 3. The van der Waals surface area contributed by atoms with Crippen LogP contribution in [0.2, 0.25) is 5.02 Å². The van der Waals surface area contributed by atoms with Crippen LogP contribution in [0, 0.1) is 5.82 Å². The van der Waals surface area contributed by atoms with Crippen LogP contribution in [0.3, 0.4) is 0 Å². The molecule has 0 N–H and O–H groups in total. The Bertz CT molecular complexity index is 1170. The summed E-state index contributed by atoms with van der Waals surface area (Å²) < 4.78 is 53.5. The number of likely N-dealkylation sites (tertiary alicyclic amines) is 1. The van der Waals surface area contributed by atoms with Crippen molar-refractivity contribution in [2.75, 3.05) is 24.5 Å². The molecule has 188 valence electrons. The highest BCUT2D eigenvalue weighted by Gasteiger charge is 2.61. The van der Waals surface area contributed by atoms with E-state index in [9.17, 15) is 31.9 Å². The zero-order valence-corrected chi connectivity index (χ0v) is 20.5. The van der Waals surface area contributed by atoms with Crippen molar-refractivity contribution < 1.29 is 31.9 Å². The van der Waals surface area contributed by atoms with Crippen molar-refractivity contribution in [2.45, 2.75) is 31.6 Å². The van der Waals surface area contributed by atoms with Crippen molar-refractivity contribution in [3.05, 3.63) is 64.4 Å². The number of carbonyl (C=O) groups is 3. The summed E-state index contributed by atoms with van der Waals surface area (Å²) in [6, 6.07) is 7.28. The van der Waals surface area contributed by atoms with Gasteiger partial charge in [0.2, 0.25) is 11.8 Å². The van der Waals surface area contributed by atoms with E-state index in [1.807, 2.05) is 0 Å². The first-order chi connectivity index (χ1) is 15.8. The number of alkyl halides is 3. The van der Waals surface area contributed by atoms with Crippen LogP contribution in [-0.4, -0.2) is 52.7 Å². The molecule has 2 heterocycles. The van der Waals surface area contributed by atoms with Gasteiger partial charge in [-0.3, -0.25) is 19.3 Å². The zero-order valence-electron chi connectivity index (χ0n) is 18.7. The highest BCUT2D eigenvalue weighted by Crippen LogP contribution is 2.41. The number of amides is 3. The van der Waals surface area contributed by atoms with Crippen LogP contribution in [-0.2, 0) is 20.6 Å². The van der Waals surface area contributed by atoms with Crippen molar-refractivity contribution in [1.29, 1.82) is 0 Å². The van der Waals surface area contributed by atoms with Crippen molar-refractivity contribution in [3.8, 4) is 0 Å². The van der Waals surface area contributed by atoms with Gasteiger partial charge in [0.05, 0.1) is 30.4 Å². The topological polar surface area (TPSA) is 60.9 Å². The number of anilines is 1. The molecule has 2 aliphatic rings. The Morgan fingerprint density at radius 2 is 1.69 bits per heavy atom. The fraction of sp³-hybridized carbons (Fsp3) is 0.348. The SMILES string of the molecule is CC(=O)N1CC2(C1)C(=O)N(c1ccc(Cl)cc1F)CC(=O)N2[C@@H](C)c1ccc(C(F)(F)F)cc1.S. The largest absolute Gasteiger partial charge is 0.416 e. The van der Waals surface area contributed by atoms with Crippen LogP contribution in [0.25, 0.3) is 0 Å². The molecule has 0 saturated carbocycles. The molecule has 35 heavy (non-hydrogen) atoms. The third kappa shape index (κ3) is 4.58. The minimum absolute atomic E-state index is 0. The molecule has 12 heteroatoms. The first-order valence-electron chi connectivity index (χ1n) is 10.4. The summed E-state index contributed by atoms with van der Waals surface area (Å²) in [7, 11) is 0. The van der Waals surface area contributed by atoms with Gasteiger partial charge in [0.25, 0.3) is 5.91 Å². The third-order valence-corrected chi connectivity index (χ3v) is 6.56. The lowest BCUT2D eigenvalue weighted by Crippen LogP contribution is -2.81. The average molecular weight is 532 g/mol. The number of benzene rings is 2. The third-order valence-electron chi connectivity index (χ3n) is 6.32. The summed E-state index contributed by atoms with van der Waals surface area (Å²) in [6.07, 6.45) is -4.51. The predicted octanol–water partition coefficient (Wildman–Crippen LogP) is 4.15. The Morgan fingerprint density at radius 3 is 2.20 bits per heavy atom. The van der Waals surface area contributed by atoms with Gasteiger partial charge in [-0.1, -0.05) is 23.7 Å². The van der Waals surface area contributed by atoms with Crippen LogP contribution in [0.1, 0.15) is 31.0 Å². The molecule has 0 aromatic heterocycles. The van der Waals surface area contributed by atoms with Crippen LogP contribution >= 0.6 is 25.1 Å². The van der Waals surface area contributed by atoms with Gasteiger partial charge in [0.15, 0.2) is 5.54 Å². The van der Waals surface area contributed by atoms with Crippen molar-refractivity contribution in [1.82, 2.24) is 9.80 Å². The summed E-state index contributed by atoms with van der Waals surface area (Å²) in [5.74, 6) is -2.19. The van der Waals surface area contributed by atoms with Gasteiger partial charge in [-0.2, -0.15) is 26.7 Å². The van der Waals surface area contributed by atoms with E-state index < -0.39 is 47.5 Å². The van der Waals surface area contributed by atoms with Gasteiger partial charge >= 0.3 is 6.18 Å². The van der Waals surface area contributed by atoms with E-state index in [2.05, 4.69) is 0 Å². The van der Waals surface area contributed by atoms with Gasteiger partial charge in [0, 0.05) is 11.9 Å². The van der Waals surface area contributed by atoms with Gasteiger partial charge in [-0.15, -0.1) is 0 Å². The second-order valence-electron chi connectivity index (χ2n) is 8.45. The van der Waals surface area contributed by atoms with Crippen LogP contribution in [0.5, 0.6) is 0 Å². The second kappa shape index (κ2) is 9.34. The molecule has 2 fully saturated rings. The lowest BCUT2D eigenvalue weighted by Gasteiger charge is -2.59. The second-order valence-corrected chi connectivity index (χ2v) is 8.89. The summed E-state index contributed by atoms with van der Waals surface area (Å²) in [5.41, 5.74) is -2.05. The van der Waals surface area contributed by atoms with E-state index in [4.69, 9.17) is 11.6 Å². The molecule has 0 unspecified atom stereocenters. The van der Waals surface area contributed by atoms with Gasteiger partial charge in [-0.25, -0.2) is 4.39 Å². The van der Waals surface area contributed by atoms with E-state index in [0.29, 0.717) is 5.56 Å². The quantitative estimate of drug-likeness (QED) is 0.559. The molecule has 4 rings (SSSR count). The van der Waals surface area contributed by atoms with Gasteiger partial charge in [-0.05, 0) is 42.8 Å². The fourth-order valence-electron chi connectivity index (χ4n) is 4.55. The van der Waals surface area contributed by atoms with Gasteiger partial charge in [0.1, 0.15) is 12.4 Å². The molecule has 0 bridgehead atoms. The summed E-state index contributed by atoms with van der Waals surface area (Å²) in [4.78, 5) is 42.6. The van der Waals surface area contributed by atoms with E-state index in [0.717, 1.165) is 23.1 Å². The molecule has 0 aliphatic carbocycles. The number of rotatable bonds is 3. The monoisotopic (exact) mass is 531 g/mol. The molecule has 1 atom stereocenters. The number of hydrogen-bond donors (Lipinski definition) is 0. The van der Waals surface area contributed by atoms with E-state index in [-0.39, 0.29) is 43.2 Å². The number of piperazine rings is 1. The van der Waals surface area contributed by atoms with Crippen molar-refractivity contribution in [3.63, 3.8) is 0 Å². The zero-order chi connectivity index (χ0) is 25.0. The summed E-state index contributed by atoms with van der Waals surface area (Å²) in [6.45, 7) is 2.24. The lowest BCUT2D eigenvalue weighted by molar-refractivity contribution is -0.172. The van der Waals surface area contributed by atoms with E-state index in [1.165, 1.54) is 41.0 Å². The maximum absolute atomic E-state index is 14.6. The van der Waals surface area contributed by atoms with Crippen LogP contribution < -0.4 is 4.90 Å². The number of carbonyl (C=O) groups excluding carboxylic acids is 3. The predicted molar refractivity (Wildman–Crippen MR) is 126 cm³/mol. The minimum Gasteiger partial charge on any atom is -0.337 e. The summed E-state index contributed by atoms with van der Waals surface area (Å²) in [5, 5.41) is 0.121. The molecule has 0 radical (unpaired) electrons. The maximum Gasteiger partial charge on any atom is 0.416 e. The number of hydrogen-bond acceptors (Lipinski definition) is 3. The smallest absolute Gasteiger partial charge is 0.337 e. The minimum atomic E-state index is -4.51. The van der Waals surface area contributed by atoms with Gasteiger partial charge < -0.3 is 9.80 Å². The molecule has 2 saturated heterocycles. The Hall–Kier alpha value is -2.79. The Morgan fingerprint density at radius 1 is 1.09 bits per heavy atom. The summed E-state index contributed by atoms with van der Waals surface area (Å²) >= 11 is 5.81. The average Bonchev–Trinajstić information content (AvgIpc) is 2.72. The molecule has 6 nitrogen and oxygen atoms in total. The van der Waals surface area contributed by atoms with Crippen LogP contribution in [0.4, 0.5) is 23.2 Å². The highest BCUT2D eigenvalue weighted by molar-refractivity contribution is 7.59. The molecule has 2 aromatic carbocycles. The molecule has 2 aromatic rings. The number of halogens is 5.